The second-order valence-electron chi connectivity index (χ2n) is 3.95. The minimum atomic E-state index is -0.686. The summed E-state index contributed by atoms with van der Waals surface area (Å²) in [6, 6.07) is 3.66. The predicted molar refractivity (Wildman–Crippen MR) is 67.9 cm³/mol. The molecule has 1 rings (SSSR count). The fraction of sp³-hybridized carbons (Fsp3) is 0.455. The van der Waals surface area contributed by atoms with E-state index in [0.29, 0.717) is 0 Å². The zero-order valence-electron chi connectivity index (χ0n) is 11.0. The van der Waals surface area contributed by atoms with Crippen LogP contribution in [0.25, 0.3) is 0 Å². The molecule has 1 heterocycles. The van der Waals surface area contributed by atoms with Gasteiger partial charge in [0, 0.05) is 0 Å². The highest BCUT2D eigenvalue weighted by molar-refractivity contribution is 5.63. The van der Waals surface area contributed by atoms with Crippen LogP contribution in [0.2, 0.25) is 0 Å². The molecule has 9 heteroatoms. The van der Waals surface area contributed by atoms with Gasteiger partial charge in [-0.3, -0.25) is 10.1 Å². The van der Waals surface area contributed by atoms with E-state index in [0.717, 1.165) is 6.33 Å². The smallest absolute Gasteiger partial charge is 0.373 e. The molecule has 0 radical (unpaired) electrons. The summed E-state index contributed by atoms with van der Waals surface area (Å²) in [5.41, 5.74) is -0.452. The maximum absolute atomic E-state index is 11.2. The highest BCUT2D eigenvalue weighted by Crippen LogP contribution is 2.33. The number of rotatable bonds is 6. The third-order valence-electron chi connectivity index (χ3n) is 2.12. The Kier molecular flexibility index (Phi) is 5.18. The Morgan fingerprint density at radius 3 is 2.45 bits per heavy atom. The summed E-state index contributed by atoms with van der Waals surface area (Å²) >= 11 is 0. The molecular formula is C11H12N6O3. The molecule has 9 nitrogen and oxygen atoms in total. The van der Waals surface area contributed by atoms with Crippen LogP contribution < -0.4 is 9.64 Å². The molecule has 0 saturated carbocycles. The Labute approximate surface area is 115 Å². The molecule has 0 amide bonds. The second-order valence-corrected chi connectivity index (χ2v) is 3.95. The molecule has 0 N–H and O–H groups in total. The summed E-state index contributed by atoms with van der Waals surface area (Å²) < 4.78 is 5.27. The van der Waals surface area contributed by atoms with Crippen molar-refractivity contribution in [3.8, 4) is 18.0 Å². The van der Waals surface area contributed by atoms with Gasteiger partial charge in [-0.2, -0.15) is 15.5 Å². The third-order valence-corrected chi connectivity index (χ3v) is 2.12. The average Bonchev–Trinajstić information content (AvgIpc) is 2.37. The maximum atomic E-state index is 11.2. The Balaban J connectivity index is 3.34. The van der Waals surface area contributed by atoms with Gasteiger partial charge in [0.1, 0.15) is 19.4 Å². The molecule has 0 aromatic carbocycles. The van der Waals surface area contributed by atoms with Crippen molar-refractivity contribution in [3.05, 3.63) is 16.4 Å². The van der Waals surface area contributed by atoms with Gasteiger partial charge in [0.05, 0.1) is 23.2 Å². The number of nitrogens with zero attached hydrogens (tertiary/aromatic N) is 6. The van der Waals surface area contributed by atoms with Crippen LogP contribution in [0.15, 0.2) is 6.33 Å². The van der Waals surface area contributed by atoms with Crippen LogP contribution in [0.1, 0.15) is 13.8 Å². The molecule has 0 spiro atoms. The third kappa shape index (κ3) is 3.53. The second kappa shape index (κ2) is 6.85. The number of anilines is 1. The lowest BCUT2D eigenvalue weighted by Crippen LogP contribution is -2.26. The van der Waals surface area contributed by atoms with Gasteiger partial charge in [0.2, 0.25) is 5.82 Å². The van der Waals surface area contributed by atoms with Crippen LogP contribution in [0.3, 0.4) is 0 Å². The van der Waals surface area contributed by atoms with E-state index in [1.807, 2.05) is 12.1 Å². The fourth-order valence-electron chi connectivity index (χ4n) is 1.43. The quantitative estimate of drug-likeness (QED) is 0.427. The molecule has 0 saturated heterocycles. The average molecular weight is 276 g/mol. The minimum Gasteiger partial charge on any atom is -0.470 e. The van der Waals surface area contributed by atoms with Crippen LogP contribution in [-0.4, -0.2) is 34.1 Å². The van der Waals surface area contributed by atoms with E-state index in [9.17, 15) is 10.1 Å². The summed E-state index contributed by atoms with van der Waals surface area (Å²) in [5.74, 6) is -0.292. The molecule has 0 aliphatic rings. The monoisotopic (exact) mass is 276 g/mol. The van der Waals surface area contributed by atoms with Crippen molar-refractivity contribution in [1.29, 1.82) is 10.5 Å². The van der Waals surface area contributed by atoms with Crippen LogP contribution in [0.4, 0.5) is 11.5 Å². The minimum absolute atomic E-state index is 0.108. The zero-order valence-corrected chi connectivity index (χ0v) is 11.0. The van der Waals surface area contributed by atoms with E-state index in [1.54, 1.807) is 13.8 Å². The number of hydrogen-bond acceptors (Lipinski definition) is 8. The lowest BCUT2D eigenvalue weighted by Gasteiger charge is -2.17. The molecule has 1 aromatic heterocycles. The molecule has 20 heavy (non-hydrogen) atoms. The maximum Gasteiger partial charge on any atom is 0.373 e. The fourth-order valence-corrected chi connectivity index (χ4v) is 1.43. The van der Waals surface area contributed by atoms with Crippen LogP contribution in [-0.2, 0) is 0 Å². The van der Waals surface area contributed by atoms with E-state index in [4.69, 9.17) is 15.3 Å². The van der Waals surface area contributed by atoms with Crippen molar-refractivity contribution >= 4 is 11.5 Å². The number of hydrogen-bond donors (Lipinski definition) is 0. The zero-order chi connectivity index (χ0) is 15.1. The van der Waals surface area contributed by atoms with Gasteiger partial charge in [0.25, 0.3) is 5.88 Å². The van der Waals surface area contributed by atoms with E-state index in [1.165, 1.54) is 4.90 Å². The van der Waals surface area contributed by atoms with E-state index in [-0.39, 0.29) is 30.9 Å². The van der Waals surface area contributed by atoms with Crippen LogP contribution in [0.5, 0.6) is 5.88 Å². The van der Waals surface area contributed by atoms with Gasteiger partial charge < -0.3 is 9.64 Å². The van der Waals surface area contributed by atoms with Crippen molar-refractivity contribution in [3.63, 3.8) is 0 Å². The van der Waals surface area contributed by atoms with Gasteiger partial charge in [0.15, 0.2) is 0 Å². The molecule has 0 aliphatic carbocycles. The van der Waals surface area contributed by atoms with Gasteiger partial charge in [-0.05, 0) is 13.8 Å². The first kappa shape index (κ1) is 15.1. The normalized spacial score (nSPS) is 9.65. The lowest BCUT2D eigenvalue weighted by atomic mass is 10.3. The summed E-state index contributed by atoms with van der Waals surface area (Å²) in [6.45, 7) is 3.00. The number of nitriles is 2. The lowest BCUT2D eigenvalue weighted by molar-refractivity contribution is -0.385. The Hall–Kier alpha value is -2.94. The molecule has 1 aromatic rings. The highest BCUT2D eigenvalue weighted by atomic mass is 16.6. The van der Waals surface area contributed by atoms with Crippen molar-refractivity contribution in [1.82, 2.24) is 9.97 Å². The first-order valence-corrected chi connectivity index (χ1v) is 5.66. The topological polar surface area (TPSA) is 129 Å². The number of ether oxygens (including phenoxy) is 1. The van der Waals surface area contributed by atoms with Gasteiger partial charge >= 0.3 is 5.69 Å². The molecule has 104 valence electrons. The molecule has 0 aliphatic heterocycles. The van der Waals surface area contributed by atoms with E-state index in [2.05, 4.69) is 9.97 Å². The van der Waals surface area contributed by atoms with E-state index < -0.39 is 10.6 Å². The van der Waals surface area contributed by atoms with Gasteiger partial charge in [-0.25, -0.2) is 4.98 Å². The van der Waals surface area contributed by atoms with Gasteiger partial charge in [-0.1, -0.05) is 0 Å². The Bertz CT molecular complexity index is 559. The summed E-state index contributed by atoms with van der Waals surface area (Å²) in [5, 5.41) is 28.6. The molecule has 0 fully saturated rings. The molecule has 0 bridgehead atoms. The summed E-state index contributed by atoms with van der Waals surface area (Å²) in [7, 11) is 0. The van der Waals surface area contributed by atoms with Crippen LogP contribution in [0, 0.1) is 32.8 Å². The summed E-state index contributed by atoms with van der Waals surface area (Å²) in [4.78, 5) is 19.2. The van der Waals surface area contributed by atoms with Crippen molar-refractivity contribution < 1.29 is 9.66 Å². The van der Waals surface area contributed by atoms with Crippen molar-refractivity contribution in [2.24, 2.45) is 0 Å². The van der Waals surface area contributed by atoms with Crippen molar-refractivity contribution in [2.75, 3.05) is 18.0 Å². The molecular weight excluding hydrogens is 264 g/mol. The number of nitro groups is 1. The summed E-state index contributed by atoms with van der Waals surface area (Å²) in [6.07, 6.45) is 0.791. The van der Waals surface area contributed by atoms with Crippen molar-refractivity contribution in [2.45, 2.75) is 20.0 Å². The largest absolute Gasteiger partial charge is 0.470 e. The predicted octanol–water partition coefficient (Wildman–Crippen LogP) is 1.03. The first-order valence-electron chi connectivity index (χ1n) is 5.66. The Morgan fingerprint density at radius 2 is 2.00 bits per heavy atom. The highest BCUT2D eigenvalue weighted by Gasteiger charge is 2.28. The molecule has 0 atom stereocenters. The first-order chi connectivity index (χ1) is 9.51. The SMILES string of the molecule is CC(C)Oc1ncnc(N(CC#N)CC#N)c1[N+](=O)[O-]. The van der Waals surface area contributed by atoms with E-state index >= 15 is 0 Å². The number of aromatic nitrogens is 2. The van der Waals surface area contributed by atoms with Crippen LogP contribution >= 0.6 is 0 Å². The Morgan fingerprint density at radius 1 is 1.40 bits per heavy atom. The van der Waals surface area contributed by atoms with Gasteiger partial charge in [-0.15, -0.1) is 0 Å². The molecule has 0 unspecified atom stereocenters. The standard InChI is InChI=1S/C11H12N6O3/c1-8(2)20-11-9(17(18)19)10(14-7-15-11)16(5-3-12)6-4-13/h7-8H,5-6H2,1-2H3.